The number of carboxylic acids is 1. The van der Waals surface area contributed by atoms with Crippen molar-refractivity contribution < 1.29 is 14.6 Å². The number of hydrogen-bond donors (Lipinski definition) is 1. The van der Waals surface area contributed by atoms with Gasteiger partial charge in [0.25, 0.3) is 0 Å². The quantitative estimate of drug-likeness (QED) is 0.897. The van der Waals surface area contributed by atoms with Crippen LogP contribution in [0.2, 0.25) is 0 Å². The van der Waals surface area contributed by atoms with E-state index in [0.29, 0.717) is 29.9 Å². The van der Waals surface area contributed by atoms with Gasteiger partial charge < -0.3 is 9.84 Å². The predicted octanol–water partition coefficient (Wildman–Crippen LogP) is 3.76. The number of ether oxygens (including phenoxy) is 1. The minimum atomic E-state index is -0.994. The van der Waals surface area contributed by atoms with Crippen LogP contribution in [0.1, 0.15) is 56.1 Å². The van der Waals surface area contributed by atoms with Gasteiger partial charge in [0.1, 0.15) is 0 Å². The van der Waals surface area contributed by atoms with Crippen LogP contribution >= 0.6 is 0 Å². The van der Waals surface area contributed by atoms with Crippen LogP contribution in [0.15, 0.2) is 18.3 Å². The zero-order valence-electron chi connectivity index (χ0n) is 13.1. The second-order valence-electron chi connectivity index (χ2n) is 6.49. The van der Waals surface area contributed by atoms with Crippen LogP contribution in [0, 0.1) is 17.8 Å². The molecule has 0 amide bonds. The summed E-state index contributed by atoms with van der Waals surface area (Å²) in [4.78, 5) is 15.1. The van der Waals surface area contributed by atoms with Crippen molar-refractivity contribution in [2.75, 3.05) is 0 Å². The predicted molar refractivity (Wildman–Crippen MR) is 81.1 cm³/mol. The third-order valence-corrected chi connectivity index (χ3v) is 4.51. The average molecular weight is 291 g/mol. The van der Waals surface area contributed by atoms with E-state index in [1.54, 1.807) is 12.1 Å². The molecule has 0 aliphatic heterocycles. The van der Waals surface area contributed by atoms with Crippen LogP contribution < -0.4 is 0 Å². The molecule has 1 fully saturated rings. The fourth-order valence-corrected chi connectivity index (χ4v) is 3.25. The molecule has 4 heteroatoms. The molecule has 3 unspecified atom stereocenters. The molecule has 0 aromatic carbocycles. The van der Waals surface area contributed by atoms with E-state index < -0.39 is 5.97 Å². The first-order chi connectivity index (χ1) is 9.99. The van der Waals surface area contributed by atoms with Gasteiger partial charge in [-0.25, -0.2) is 9.78 Å². The molecule has 1 saturated carbocycles. The third-order valence-electron chi connectivity index (χ3n) is 4.51. The number of carboxylic acid groups (broad SMARTS) is 1. The Balaban J connectivity index is 2.05. The molecular weight excluding hydrogens is 266 g/mol. The Hall–Kier alpha value is -1.42. The van der Waals surface area contributed by atoms with Crippen molar-refractivity contribution in [1.29, 1.82) is 0 Å². The number of aromatic carboxylic acids is 1. The number of rotatable bonds is 5. The lowest BCUT2D eigenvalue weighted by Crippen LogP contribution is -2.34. The van der Waals surface area contributed by atoms with Crippen molar-refractivity contribution in [3.63, 3.8) is 0 Å². The van der Waals surface area contributed by atoms with Crippen LogP contribution in [-0.2, 0) is 11.3 Å². The van der Waals surface area contributed by atoms with Crippen LogP contribution in [0.25, 0.3) is 0 Å². The van der Waals surface area contributed by atoms with E-state index in [9.17, 15) is 4.79 Å². The maximum Gasteiger partial charge on any atom is 0.354 e. The second kappa shape index (κ2) is 7.03. The largest absolute Gasteiger partial charge is 0.477 e. The molecule has 0 bridgehead atoms. The van der Waals surface area contributed by atoms with Gasteiger partial charge in [-0.05, 0) is 36.7 Å². The smallest absolute Gasteiger partial charge is 0.354 e. The monoisotopic (exact) mass is 291 g/mol. The highest BCUT2D eigenvalue weighted by atomic mass is 16.5. The molecule has 1 aromatic rings. The molecule has 1 aromatic heterocycles. The van der Waals surface area contributed by atoms with Gasteiger partial charge in [-0.1, -0.05) is 33.3 Å². The SMILES string of the molecule is CC1CCC(C(C)C)C(OCc2cccnc2C(=O)O)C1. The zero-order chi connectivity index (χ0) is 15.4. The normalized spacial score (nSPS) is 26.0. The first-order valence-electron chi connectivity index (χ1n) is 7.77. The molecule has 0 saturated heterocycles. The molecule has 1 aliphatic carbocycles. The first-order valence-corrected chi connectivity index (χ1v) is 7.77. The van der Waals surface area contributed by atoms with Gasteiger partial charge in [0.2, 0.25) is 0 Å². The summed E-state index contributed by atoms with van der Waals surface area (Å²) >= 11 is 0. The molecule has 1 N–H and O–H groups in total. The molecule has 116 valence electrons. The van der Waals surface area contributed by atoms with E-state index in [4.69, 9.17) is 9.84 Å². The van der Waals surface area contributed by atoms with Crippen molar-refractivity contribution in [3.8, 4) is 0 Å². The van der Waals surface area contributed by atoms with Crippen LogP contribution in [0.4, 0.5) is 0 Å². The highest BCUT2D eigenvalue weighted by Gasteiger charge is 2.31. The summed E-state index contributed by atoms with van der Waals surface area (Å²) in [6.45, 7) is 7.07. The van der Waals surface area contributed by atoms with Crippen molar-refractivity contribution >= 4 is 5.97 Å². The Morgan fingerprint density at radius 1 is 1.48 bits per heavy atom. The van der Waals surface area contributed by atoms with Gasteiger partial charge in [0, 0.05) is 11.8 Å². The summed E-state index contributed by atoms with van der Waals surface area (Å²) in [5, 5.41) is 9.17. The Morgan fingerprint density at radius 3 is 2.90 bits per heavy atom. The lowest BCUT2D eigenvalue weighted by molar-refractivity contribution is -0.0475. The van der Waals surface area contributed by atoms with Gasteiger partial charge in [0.05, 0.1) is 12.7 Å². The summed E-state index contributed by atoms with van der Waals surface area (Å²) in [7, 11) is 0. The van der Waals surface area contributed by atoms with Crippen molar-refractivity contribution in [3.05, 3.63) is 29.6 Å². The second-order valence-corrected chi connectivity index (χ2v) is 6.49. The maximum absolute atomic E-state index is 11.2. The van der Waals surface area contributed by atoms with E-state index in [1.165, 1.54) is 19.0 Å². The molecule has 4 nitrogen and oxygen atoms in total. The molecule has 0 spiro atoms. The number of hydrogen-bond acceptors (Lipinski definition) is 3. The van der Waals surface area contributed by atoms with E-state index in [2.05, 4.69) is 25.8 Å². The van der Waals surface area contributed by atoms with Gasteiger partial charge in [0.15, 0.2) is 5.69 Å². The van der Waals surface area contributed by atoms with Crippen LogP contribution in [0.3, 0.4) is 0 Å². The highest BCUT2D eigenvalue weighted by Crippen LogP contribution is 2.35. The Bertz CT molecular complexity index is 487. The van der Waals surface area contributed by atoms with Gasteiger partial charge in [-0.2, -0.15) is 0 Å². The zero-order valence-corrected chi connectivity index (χ0v) is 13.1. The number of pyridine rings is 1. The highest BCUT2D eigenvalue weighted by molar-refractivity contribution is 5.86. The lowest BCUT2D eigenvalue weighted by atomic mass is 9.75. The number of aromatic nitrogens is 1. The molecular formula is C17H25NO3. The van der Waals surface area contributed by atoms with Crippen LogP contribution in [0.5, 0.6) is 0 Å². The van der Waals surface area contributed by atoms with Gasteiger partial charge in [-0.15, -0.1) is 0 Å². The van der Waals surface area contributed by atoms with Gasteiger partial charge >= 0.3 is 5.97 Å². The van der Waals surface area contributed by atoms with Crippen molar-refractivity contribution in [2.24, 2.45) is 17.8 Å². The number of nitrogens with zero attached hydrogens (tertiary/aromatic N) is 1. The summed E-state index contributed by atoms with van der Waals surface area (Å²) in [5.74, 6) is 0.839. The molecule has 1 heterocycles. The molecule has 21 heavy (non-hydrogen) atoms. The van der Waals surface area contributed by atoms with E-state index in [1.807, 2.05) is 0 Å². The lowest BCUT2D eigenvalue weighted by Gasteiger charge is -2.37. The minimum absolute atomic E-state index is 0.0995. The van der Waals surface area contributed by atoms with Crippen molar-refractivity contribution in [2.45, 2.75) is 52.7 Å². The first kappa shape index (κ1) is 16.0. The van der Waals surface area contributed by atoms with Crippen LogP contribution in [-0.4, -0.2) is 22.2 Å². The van der Waals surface area contributed by atoms with E-state index >= 15 is 0 Å². The fraction of sp³-hybridized carbons (Fsp3) is 0.647. The van der Waals surface area contributed by atoms with E-state index in [0.717, 1.165) is 6.42 Å². The topological polar surface area (TPSA) is 59.4 Å². The molecule has 3 atom stereocenters. The van der Waals surface area contributed by atoms with Gasteiger partial charge in [-0.3, -0.25) is 0 Å². The maximum atomic E-state index is 11.2. The summed E-state index contributed by atoms with van der Waals surface area (Å²) in [5.41, 5.74) is 0.758. The summed E-state index contributed by atoms with van der Waals surface area (Å²) in [6.07, 6.45) is 5.24. The molecule has 0 radical (unpaired) electrons. The Morgan fingerprint density at radius 2 is 2.24 bits per heavy atom. The number of carbonyl (C=O) groups is 1. The average Bonchev–Trinajstić information content (AvgIpc) is 2.45. The summed E-state index contributed by atoms with van der Waals surface area (Å²) < 4.78 is 6.10. The molecule has 1 aliphatic rings. The minimum Gasteiger partial charge on any atom is -0.477 e. The molecule has 2 rings (SSSR count). The fourth-order valence-electron chi connectivity index (χ4n) is 3.25. The Labute approximate surface area is 126 Å². The Kier molecular flexibility index (Phi) is 5.34. The summed E-state index contributed by atoms with van der Waals surface area (Å²) in [6, 6.07) is 3.54. The standard InChI is InChI=1S/C17H25NO3/c1-11(2)14-7-6-12(3)9-15(14)21-10-13-5-4-8-18-16(13)17(19)20/h4-5,8,11-12,14-15H,6-7,9-10H2,1-3H3,(H,19,20). The van der Waals surface area contributed by atoms with Crippen molar-refractivity contribution in [1.82, 2.24) is 4.98 Å². The third kappa shape index (κ3) is 4.03. The van der Waals surface area contributed by atoms with E-state index in [-0.39, 0.29) is 11.8 Å².